The molecule has 0 radical (unpaired) electrons. The van der Waals surface area contributed by atoms with Crippen molar-refractivity contribution >= 4 is 38.7 Å². The summed E-state index contributed by atoms with van der Waals surface area (Å²) in [6.45, 7) is 5.11. The van der Waals surface area contributed by atoms with Gasteiger partial charge in [0, 0.05) is 37.4 Å². The van der Waals surface area contributed by atoms with Crippen molar-refractivity contribution in [3.63, 3.8) is 0 Å². The van der Waals surface area contributed by atoms with Crippen molar-refractivity contribution in [1.82, 2.24) is 4.90 Å². The van der Waals surface area contributed by atoms with E-state index in [1.54, 1.807) is 29.2 Å². The van der Waals surface area contributed by atoms with Gasteiger partial charge in [0.15, 0.2) is 9.84 Å². The molecule has 1 fully saturated rings. The minimum Gasteiger partial charge on any atom is -0.371 e. The second-order valence-electron chi connectivity index (χ2n) is 10.8. The predicted molar refractivity (Wildman–Crippen MR) is 155 cm³/mol. The summed E-state index contributed by atoms with van der Waals surface area (Å²) in [6, 6.07) is 14.5. The summed E-state index contributed by atoms with van der Waals surface area (Å²) < 4.78 is 65.2. The normalized spacial score (nSPS) is 17.4. The number of nitrogens with zero attached hydrogens (tertiary/aromatic N) is 2. The number of alkyl halides is 3. The van der Waals surface area contributed by atoms with Crippen LogP contribution in [0.1, 0.15) is 32.6 Å². The number of benzene rings is 3. The number of sulfone groups is 1. The lowest BCUT2D eigenvalue weighted by atomic mass is 10.1. The number of aryl methyl sites for hydroxylation is 2. The molecule has 0 aliphatic carbocycles. The number of piperazine rings is 1. The molecule has 0 spiro atoms. The van der Waals surface area contributed by atoms with Crippen molar-refractivity contribution in [2.75, 3.05) is 47.5 Å². The van der Waals surface area contributed by atoms with Gasteiger partial charge in [-0.15, -0.1) is 0 Å². The average molecular weight is 601 g/mol. The van der Waals surface area contributed by atoms with Gasteiger partial charge in [-0.1, -0.05) is 29.8 Å². The fourth-order valence-electron chi connectivity index (χ4n) is 5.23. The summed E-state index contributed by atoms with van der Waals surface area (Å²) in [5.74, 6) is -1.34. The van der Waals surface area contributed by atoms with Gasteiger partial charge in [0.2, 0.25) is 5.91 Å². The number of anilines is 3. The molecule has 8 nitrogen and oxygen atoms in total. The number of carbonyl (C=O) groups excluding carboxylic acids is 2. The Morgan fingerprint density at radius 1 is 0.952 bits per heavy atom. The molecule has 5 rings (SSSR count). The van der Waals surface area contributed by atoms with E-state index in [-0.39, 0.29) is 17.4 Å². The third-order valence-corrected chi connectivity index (χ3v) is 9.17. The van der Waals surface area contributed by atoms with Crippen molar-refractivity contribution in [2.24, 2.45) is 0 Å². The first-order valence-electron chi connectivity index (χ1n) is 13.5. The molecule has 2 heterocycles. The minimum atomic E-state index is -4.43. The van der Waals surface area contributed by atoms with E-state index in [1.165, 1.54) is 6.07 Å². The molecular formula is C30H31F3N4O4S. The Kier molecular flexibility index (Phi) is 7.93. The first-order chi connectivity index (χ1) is 19.8. The molecule has 1 atom stereocenters. The Hall–Kier alpha value is -4.06. The lowest BCUT2D eigenvalue weighted by Crippen LogP contribution is -2.49. The molecule has 42 heavy (non-hydrogen) atoms. The summed E-state index contributed by atoms with van der Waals surface area (Å²) in [5, 5.41) is 5.72. The Bertz CT molecular complexity index is 1630. The molecule has 222 valence electrons. The molecule has 2 aliphatic rings. The van der Waals surface area contributed by atoms with Gasteiger partial charge < -0.3 is 20.4 Å². The number of carbonyl (C=O) groups is 2. The van der Waals surface area contributed by atoms with Gasteiger partial charge in [-0.2, -0.15) is 13.2 Å². The van der Waals surface area contributed by atoms with Gasteiger partial charge in [0.05, 0.1) is 28.4 Å². The lowest BCUT2D eigenvalue weighted by Gasteiger charge is -2.36. The topological polar surface area (TPSA) is 98.8 Å². The lowest BCUT2D eigenvalue weighted by molar-refractivity contribution is -0.137. The van der Waals surface area contributed by atoms with E-state index in [0.29, 0.717) is 54.4 Å². The smallest absolute Gasteiger partial charge is 0.371 e. The molecular weight excluding hydrogens is 569 g/mol. The molecule has 3 aromatic rings. The largest absolute Gasteiger partial charge is 0.416 e. The number of hydrogen-bond donors (Lipinski definition) is 2. The molecule has 2 N–H and O–H groups in total. The highest BCUT2D eigenvalue weighted by molar-refractivity contribution is 7.90. The highest BCUT2D eigenvalue weighted by Gasteiger charge is 2.33. The van der Waals surface area contributed by atoms with Crippen LogP contribution in [0.25, 0.3) is 0 Å². The number of amides is 2. The van der Waals surface area contributed by atoms with E-state index in [4.69, 9.17) is 0 Å². The zero-order valence-electron chi connectivity index (χ0n) is 23.2. The maximum atomic E-state index is 13.2. The first kappa shape index (κ1) is 29.4. The Morgan fingerprint density at radius 3 is 2.40 bits per heavy atom. The van der Waals surface area contributed by atoms with E-state index in [2.05, 4.69) is 10.6 Å². The minimum absolute atomic E-state index is 0.173. The van der Waals surface area contributed by atoms with Crippen LogP contribution in [0.2, 0.25) is 0 Å². The molecule has 0 saturated carbocycles. The number of nitrogens with one attached hydrogen (secondary N) is 2. The van der Waals surface area contributed by atoms with Crippen LogP contribution in [0.15, 0.2) is 60.7 Å². The third-order valence-electron chi connectivity index (χ3n) is 7.58. The summed E-state index contributed by atoms with van der Waals surface area (Å²) in [5.41, 5.74) is 3.47. The number of rotatable bonds is 6. The summed E-state index contributed by atoms with van der Waals surface area (Å²) in [6.07, 6.45) is -4.43. The van der Waals surface area contributed by atoms with E-state index in [1.807, 2.05) is 36.9 Å². The Labute approximate surface area is 242 Å². The monoisotopic (exact) mass is 600 g/mol. The summed E-state index contributed by atoms with van der Waals surface area (Å²) >= 11 is 0. The van der Waals surface area contributed by atoms with E-state index in [9.17, 15) is 31.2 Å². The van der Waals surface area contributed by atoms with E-state index in [0.717, 1.165) is 23.3 Å². The van der Waals surface area contributed by atoms with Gasteiger partial charge >= 0.3 is 6.18 Å². The van der Waals surface area contributed by atoms with Crippen molar-refractivity contribution < 1.29 is 31.2 Å². The Morgan fingerprint density at radius 2 is 1.69 bits per heavy atom. The maximum absolute atomic E-state index is 13.2. The predicted octanol–water partition coefficient (Wildman–Crippen LogP) is 4.63. The molecule has 0 unspecified atom stereocenters. The van der Waals surface area contributed by atoms with Crippen LogP contribution < -0.4 is 15.5 Å². The summed E-state index contributed by atoms with van der Waals surface area (Å²) in [7, 11) is -3.62. The average Bonchev–Trinajstić information content (AvgIpc) is 2.94. The van der Waals surface area contributed by atoms with Crippen LogP contribution in [0.3, 0.4) is 0 Å². The standard InChI is InChI=1S/C30H31F3N4O4S/c1-19-6-7-20(2)22(14-19)17-42(40,41)18-27-28(38)35-26-15-21(8-9-25(26)34-27)29(39)37-12-10-36(11-13-37)24-5-3-4-23(16-24)30(31,32)33/h3-9,14-16,27,34H,10-13,17-18H2,1-2H3,(H,35,38)/t27-/m0/s1. The van der Waals surface area contributed by atoms with Crippen molar-refractivity contribution in [2.45, 2.75) is 31.8 Å². The number of fused-ring (bicyclic) bond motifs is 1. The molecule has 0 bridgehead atoms. The van der Waals surface area contributed by atoms with Gasteiger partial charge in [-0.3, -0.25) is 9.59 Å². The van der Waals surface area contributed by atoms with Crippen LogP contribution >= 0.6 is 0 Å². The van der Waals surface area contributed by atoms with Crippen LogP contribution in [0.5, 0.6) is 0 Å². The third kappa shape index (κ3) is 6.53. The van der Waals surface area contributed by atoms with Gasteiger partial charge in [-0.25, -0.2) is 8.42 Å². The van der Waals surface area contributed by atoms with E-state index >= 15 is 0 Å². The number of halogens is 3. The zero-order valence-corrected chi connectivity index (χ0v) is 24.0. The van der Waals surface area contributed by atoms with Crippen molar-refractivity contribution in [1.29, 1.82) is 0 Å². The van der Waals surface area contributed by atoms with Crippen LogP contribution in [-0.4, -0.2) is 63.1 Å². The van der Waals surface area contributed by atoms with Gasteiger partial charge in [0.25, 0.3) is 5.91 Å². The van der Waals surface area contributed by atoms with Gasteiger partial charge in [-0.05, 0) is 61.4 Å². The molecule has 2 amide bonds. The van der Waals surface area contributed by atoms with Crippen molar-refractivity contribution in [3.05, 3.63) is 88.5 Å². The quantitative estimate of drug-likeness (QED) is 0.428. The molecule has 2 aliphatic heterocycles. The molecule has 3 aromatic carbocycles. The second-order valence-corrected chi connectivity index (χ2v) is 12.9. The SMILES string of the molecule is Cc1ccc(C)c(CS(=O)(=O)C[C@@H]2Nc3ccc(C(=O)N4CCN(c5cccc(C(F)(F)F)c5)CC4)cc3NC2=O)c1. The number of hydrogen-bond acceptors (Lipinski definition) is 6. The second kappa shape index (κ2) is 11.3. The zero-order chi connectivity index (χ0) is 30.2. The van der Waals surface area contributed by atoms with Crippen molar-refractivity contribution in [3.8, 4) is 0 Å². The maximum Gasteiger partial charge on any atom is 0.416 e. The Balaban J connectivity index is 1.21. The van der Waals surface area contributed by atoms with Gasteiger partial charge in [0.1, 0.15) is 6.04 Å². The first-order valence-corrected chi connectivity index (χ1v) is 15.3. The molecule has 1 saturated heterocycles. The molecule has 12 heteroatoms. The van der Waals surface area contributed by atoms with E-state index < -0.39 is 33.5 Å². The molecule has 0 aromatic heterocycles. The van der Waals surface area contributed by atoms with Crippen LogP contribution in [0, 0.1) is 13.8 Å². The van der Waals surface area contributed by atoms with Crippen LogP contribution in [0.4, 0.5) is 30.2 Å². The fourth-order valence-corrected chi connectivity index (χ4v) is 6.88. The highest BCUT2D eigenvalue weighted by Crippen LogP contribution is 2.32. The highest BCUT2D eigenvalue weighted by atomic mass is 32.2. The fraction of sp³-hybridized carbons (Fsp3) is 0.333. The summed E-state index contributed by atoms with van der Waals surface area (Å²) in [4.78, 5) is 29.5. The van der Waals surface area contributed by atoms with Crippen LogP contribution in [-0.2, 0) is 26.6 Å².